The van der Waals surface area contributed by atoms with Crippen molar-refractivity contribution < 1.29 is 27.9 Å². The first-order valence-electron chi connectivity index (χ1n) is 6.22. The van der Waals surface area contributed by atoms with E-state index in [1.54, 1.807) is 24.3 Å². The zero-order valence-corrected chi connectivity index (χ0v) is 12.3. The molecule has 0 aliphatic heterocycles. The van der Waals surface area contributed by atoms with E-state index in [2.05, 4.69) is 5.32 Å². The van der Waals surface area contributed by atoms with E-state index in [-0.39, 0.29) is 13.2 Å². The van der Waals surface area contributed by atoms with Gasteiger partial charge >= 0.3 is 12.1 Å². The molecule has 1 aromatic carbocycles. The van der Waals surface area contributed by atoms with Crippen molar-refractivity contribution in [3.63, 3.8) is 0 Å². The van der Waals surface area contributed by atoms with Crippen molar-refractivity contribution in [2.45, 2.75) is 18.8 Å². The van der Waals surface area contributed by atoms with E-state index in [1.165, 1.54) is 0 Å². The Hall–Kier alpha value is -2.09. The minimum absolute atomic E-state index is 0.0744. The van der Waals surface area contributed by atoms with Crippen LogP contribution in [0.5, 0.6) is 0 Å². The number of nitrogens with one attached hydrogen (secondary N) is 1. The van der Waals surface area contributed by atoms with Crippen LogP contribution < -0.4 is 5.32 Å². The minimum atomic E-state index is -3.79. The predicted octanol–water partition coefficient (Wildman–Crippen LogP) is 0.801. The zero-order chi connectivity index (χ0) is 15.9. The fourth-order valence-corrected chi connectivity index (χ4v) is 2.45. The first-order valence-corrected chi connectivity index (χ1v) is 7.93. The second kappa shape index (κ2) is 7.63. The molecule has 0 fully saturated rings. The van der Waals surface area contributed by atoms with Gasteiger partial charge in [0.2, 0.25) is 0 Å². The highest BCUT2D eigenvalue weighted by Gasteiger charge is 2.27. The lowest BCUT2D eigenvalue weighted by molar-refractivity contribution is -0.136. The Morgan fingerprint density at radius 2 is 1.90 bits per heavy atom. The second-order valence-electron chi connectivity index (χ2n) is 4.34. The first kappa shape index (κ1) is 17.0. The summed E-state index contributed by atoms with van der Waals surface area (Å²) in [6.45, 7) is 0.962. The monoisotopic (exact) mass is 315 g/mol. The average Bonchev–Trinajstić information content (AvgIpc) is 2.45. The molecule has 116 valence electrons. The van der Waals surface area contributed by atoms with Crippen LogP contribution in [0.1, 0.15) is 12.5 Å². The van der Waals surface area contributed by atoms with Gasteiger partial charge in [0.05, 0.1) is 5.75 Å². The van der Waals surface area contributed by atoms with Gasteiger partial charge < -0.3 is 15.2 Å². The fraction of sp³-hybridized carbons (Fsp3) is 0.385. The number of hydrogen-bond donors (Lipinski definition) is 2. The summed E-state index contributed by atoms with van der Waals surface area (Å²) in [6.07, 6.45) is -0.753. The van der Waals surface area contributed by atoms with Crippen molar-refractivity contribution in [2.24, 2.45) is 0 Å². The van der Waals surface area contributed by atoms with Crippen molar-refractivity contribution in [2.75, 3.05) is 12.3 Å². The van der Waals surface area contributed by atoms with Crippen LogP contribution in [-0.4, -0.2) is 43.1 Å². The lowest BCUT2D eigenvalue weighted by atomic mass is 10.2. The molecule has 0 saturated carbocycles. The summed E-state index contributed by atoms with van der Waals surface area (Å²) < 4.78 is 28.0. The van der Waals surface area contributed by atoms with Gasteiger partial charge in [-0.1, -0.05) is 30.3 Å². The molecule has 8 heteroatoms. The average molecular weight is 315 g/mol. The number of sulfone groups is 1. The van der Waals surface area contributed by atoms with E-state index >= 15 is 0 Å². The lowest BCUT2D eigenvalue weighted by Gasteiger charge is -2.10. The third-order valence-electron chi connectivity index (χ3n) is 2.76. The number of carboxylic acid groups (broad SMARTS) is 1. The molecule has 0 spiro atoms. The number of carbonyl (C=O) groups excluding carboxylic acids is 1. The molecule has 0 aromatic heterocycles. The first-order chi connectivity index (χ1) is 9.83. The standard InChI is InChI=1S/C13H17NO6S/c1-10(12(15)16)21(18,19)8-7-14-13(17)20-9-11-5-3-2-4-6-11/h2-6,10H,7-9H2,1H3,(H,14,17)(H,15,16). The third-order valence-corrected chi connectivity index (χ3v) is 4.81. The topological polar surface area (TPSA) is 110 Å². The molecular formula is C13H17NO6S. The van der Waals surface area contributed by atoms with Gasteiger partial charge in [0.15, 0.2) is 15.1 Å². The Balaban J connectivity index is 2.32. The van der Waals surface area contributed by atoms with Crippen LogP contribution in [0.4, 0.5) is 4.79 Å². The van der Waals surface area contributed by atoms with Gasteiger partial charge in [-0.3, -0.25) is 4.79 Å². The number of rotatable bonds is 7. The fourth-order valence-electron chi connectivity index (χ4n) is 1.40. The number of carboxylic acids is 1. The Bertz CT molecular complexity index is 584. The van der Waals surface area contributed by atoms with Gasteiger partial charge in [0.1, 0.15) is 6.61 Å². The highest BCUT2D eigenvalue weighted by molar-refractivity contribution is 7.92. The SMILES string of the molecule is CC(C(=O)O)S(=O)(=O)CCNC(=O)OCc1ccccc1. The molecule has 0 aliphatic carbocycles. The maximum Gasteiger partial charge on any atom is 0.407 e. The zero-order valence-electron chi connectivity index (χ0n) is 11.5. The van der Waals surface area contributed by atoms with Gasteiger partial charge in [-0.2, -0.15) is 0 Å². The molecule has 7 nitrogen and oxygen atoms in total. The van der Waals surface area contributed by atoms with Crippen molar-refractivity contribution in [3.05, 3.63) is 35.9 Å². The van der Waals surface area contributed by atoms with Crippen LogP contribution in [-0.2, 0) is 26.0 Å². The van der Waals surface area contributed by atoms with Crippen molar-refractivity contribution in [1.29, 1.82) is 0 Å². The molecule has 0 saturated heterocycles. The number of alkyl carbamates (subject to hydrolysis) is 1. The molecule has 1 aromatic rings. The van der Waals surface area contributed by atoms with Gasteiger partial charge in [0.25, 0.3) is 0 Å². The van der Waals surface area contributed by atoms with Gasteiger partial charge in [-0.15, -0.1) is 0 Å². The highest BCUT2D eigenvalue weighted by Crippen LogP contribution is 2.02. The number of benzene rings is 1. The van der Waals surface area contributed by atoms with Crippen LogP contribution in [0.2, 0.25) is 0 Å². The van der Waals surface area contributed by atoms with Crippen LogP contribution in [0, 0.1) is 0 Å². The van der Waals surface area contributed by atoms with Gasteiger partial charge in [0, 0.05) is 6.54 Å². The summed E-state index contributed by atoms with van der Waals surface area (Å²) in [7, 11) is -3.79. The molecule has 0 heterocycles. The van der Waals surface area contributed by atoms with Crippen LogP contribution in [0.3, 0.4) is 0 Å². The quantitative estimate of drug-likeness (QED) is 0.770. The van der Waals surface area contributed by atoms with Crippen molar-refractivity contribution in [1.82, 2.24) is 5.32 Å². The molecule has 0 aliphatic rings. The summed E-state index contributed by atoms with van der Waals surface area (Å²) in [5.41, 5.74) is 0.805. The Morgan fingerprint density at radius 1 is 1.29 bits per heavy atom. The van der Waals surface area contributed by atoms with Gasteiger partial charge in [-0.05, 0) is 12.5 Å². The number of amides is 1. The van der Waals surface area contributed by atoms with Crippen LogP contribution >= 0.6 is 0 Å². The summed E-state index contributed by atoms with van der Waals surface area (Å²) in [4.78, 5) is 22.0. The smallest absolute Gasteiger partial charge is 0.407 e. The number of carbonyl (C=O) groups is 2. The second-order valence-corrected chi connectivity index (χ2v) is 6.78. The lowest BCUT2D eigenvalue weighted by Crippen LogP contribution is -2.35. The normalized spacial score (nSPS) is 12.4. The number of ether oxygens (including phenoxy) is 1. The third kappa shape index (κ3) is 5.82. The molecule has 21 heavy (non-hydrogen) atoms. The maximum absolute atomic E-state index is 11.6. The van der Waals surface area contributed by atoms with E-state index in [9.17, 15) is 18.0 Å². The molecule has 2 N–H and O–H groups in total. The van der Waals surface area contributed by atoms with E-state index in [0.29, 0.717) is 0 Å². The molecule has 1 unspecified atom stereocenters. The van der Waals surface area contributed by atoms with Crippen LogP contribution in [0.15, 0.2) is 30.3 Å². The summed E-state index contributed by atoms with van der Waals surface area (Å²) in [5, 5.41) is 9.41. The predicted molar refractivity (Wildman–Crippen MR) is 75.5 cm³/mol. The number of aliphatic carboxylic acids is 1. The van der Waals surface area contributed by atoms with E-state index in [0.717, 1.165) is 12.5 Å². The molecule has 0 bridgehead atoms. The Kier molecular flexibility index (Phi) is 6.16. The summed E-state index contributed by atoms with van der Waals surface area (Å²) >= 11 is 0. The molecule has 1 rings (SSSR count). The largest absolute Gasteiger partial charge is 0.480 e. The summed E-state index contributed by atoms with van der Waals surface area (Å²) in [6, 6.07) is 9.00. The number of hydrogen-bond acceptors (Lipinski definition) is 5. The highest BCUT2D eigenvalue weighted by atomic mass is 32.2. The minimum Gasteiger partial charge on any atom is -0.480 e. The summed E-state index contributed by atoms with van der Waals surface area (Å²) in [5.74, 6) is -1.87. The Morgan fingerprint density at radius 3 is 2.48 bits per heavy atom. The van der Waals surface area contributed by atoms with Gasteiger partial charge in [-0.25, -0.2) is 13.2 Å². The van der Waals surface area contributed by atoms with E-state index in [4.69, 9.17) is 9.84 Å². The van der Waals surface area contributed by atoms with Crippen molar-refractivity contribution in [3.8, 4) is 0 Å². The molecule has 1 atom stereocenters. The Labute approximate surface area is 122 Å². The van der Waals surface area contributed by atoms with Crippen molar-refractivity contribution >= 4 is 21.9 Å². The molecular weight excluding hydrogens is 298 g/mol. The molecule has 0 radical (unpaired) electrons. The maximum atomic E-state index is 11.6. The van der Waals surface area contributed by atoms with Crippen LogP contribution in [0.25, 0.3) is 0 Å². The molecule has 1 amide bonds. The van der Waals surface area contributed by atoms with E-state index in [1.807, 2.05) is 6.07 Å². The van der Waals surface area contributed by atoms with E-state index < -0.39 is 32.9 Å².